The molecule has 0 aliphatic carbocycles. The molecule has 0 radical (unpaired) electrons. The Balaban J connectivity index is 1.29. The van der Waals surface area contributed by atoms with Gasteiger partial charge in [0.1, 0.15) is 5.82 Å². The van der Waals surface area contributed by atoms with Gasteiger partial charge in [-0.3, -0.25) is 4.42 Å². The van der Waals surface area contributed by atoms with Gasteiger partial charge in [0, 0.05) is 49.2 Å². The van der Waals surface area contributed by atoms with E-state index in [1.54, 1.807) is 4.42 Å². The van der Waals surface area contributed by atoms with Crippen LogP contribution in [0.15, 0.2) is 30.3 Å². The molecular weight excluding hydrogens is 350 g/mol. The van der Waals surface area contributed by atoms with Gasteiger partial charge < -0.3 is 16.0 Å². The van der Waals surface area contributed by atoms with Gasteiger partial charge in [0.25, 0.3) is 0 Å². The Morgan fingerprint density at radius 3 is 3.04 bits per heavy atom. The number of pyridine rings is 1. The van der Waals surface area contributed by atoms with E-state index in [9.17, 15) is 4.79 Å². The van der Waals surface area contributed by atoms with Crippen LogP contribution >= 0.6 is 11.8 Å². The van der Waals surface area contributed by atoms with Crippen molar-refractivity contribution in [2.45, 2.75) is 25.7 Å². The van der Waals surface area contributed by atoms with Crippen molar-refractivity contribution >= 4 is 35.0 Å². The fraction of sp³-hybridized carbons (Fsp3) is 0.368. The number of rotatable bonds is 4. The van der Waals surface area contributed by atoms with Crippen LogP contribution < -0.4 is 20.4 Å². The van der Waals surface area contributed by atoms with Crippen molar-refractivity contribution in [1.82, 2.24) is 10.3 Å². The largest absolute Gasteiger partial charge is 0.370 e. The third-order valence-corrected chi connectivity index (χ3v) is 5.15. The normalized spacial score (nSPS) is 15.0. The summed E-state index contributed by atoms with van der Waals surface area (Å²) < 4.78 is 1.69. The van der Waals surface area contributed by atoms with Gasteiger partial charge in [-0.05, 0) is 48.6 Å². The summed E-state index contributed by atoms with van der Waals surface area (Å²) >= 11 is 6.15. The van der Waals surface area contributed by atoms with Crippen LogP contribution in [-0.2, 0) is 19.3 Å². The topological polar surface area (TPSA) is 69.3 Å². The van der Waals surface area contributed by atoms with Crippen LogP contribution in [0.1, 0.15) is 23.2 Å². The van der Waals surface area contributed by atoms with Gasteiger partial charge in [0.15, 0.2) is 0 Å². The molecule has 4 rings (SSSR count). The highest BCUT2D eigenvalue weighted by Crippen LogP contribution is 2.31. The number of halogens is 1. The SMILES string of the molecule is O=C(NCCc1ccc2c(n1)NCCC2)Nc1ccc2c(c1)N(Cl)CC2. The first-order valence-electron chi connectivity index (χ1n) is 9.03. The first-order valence-corrected chi connectivity index (χ1v) is 9.36. The molecule has 7 heteroatoms. The molecule has 0 fully saturated rings. The lowest BCUT2D eigenvalue weighted by Crippen LogP contribution is -2.30. The lowest BCUT2D eigenvalue weighted by atomic mass is 10.1. The second kappa shape index (κ2) is 7.41. The second-order valence-corrected chi connectivity index (χ2v) is 7.06. The molecule has 1 aromatic carbocycles. The molecule has 0 saturated heterocycles. The first-order chi connectivity index (χ1) is 12.7. The summed E-state index contributed by atoms with van der Waals surface area (Å²) in [6, 6.07) is 9.78. The van der Waals surface area contributed by atoms with E-state index in [1.165, 1.54) is 11.1 Å². The standard InChI is InChI=1S/C19H22ClN5O/c20-25-11-8-13-3-6-16(12-17(13)25)24-19(26)22-10-7-15-5-4-14-2-1-9-21-18(14)23-15/h3-6,12H,1-2,7-11H2,(H,21,23)(H2,22,24,26). The molecule has 0 unspecified atom stereocenters. The highest BCUT2D eigenvalue weighted by molar-refractivity contribution is 6.26. The zero-order valence-electron chi connectivity index (χ0n) is 14.5. The minimum Gasteiger partial charge on any atom is -0.370 e. The smallest absolute Gasteiger partial charge is 0.319 e. The Morgan fingerprint density at radius 2 is 2.12 bits per heavy atom. The quantitative estimate of drug-likeness (QED) is 0.721. The van der Waals surface area contributed by atoms with Crippen LogP contribution in [0.3, 0.4) is 0 Å². The van der Waals surface area contributed by atoms with Crippen LogP contribution in [-0.4, -0.2) is 30.6 Å². The number of nitrogens with one attached hydrogen (secondary N) is 3. The number of aryl methyl sites for hydroxylation is 1. The summed E-state index contributed by atoms with van der Waals surface area (Å²) in [6.45, 7) is 2.31. The van der Waals surface area contributed by atoms with Gasteiger partial charge in [0.05, 0.1) is 5.69 Å². The summed E-state index contributed by atoms with van der Waals surface area (Å²) in [4.78, 5) is 16.8. The summed E-state index contributed by atoms with van der Waals surface area (Å²) in [7, 11) is 0. The molecule has 3 heterocycles. The van der Waals surface area contributed by atoms with E-state index in [4.69, 9.17) is 11.8 Å². The highest BCUT2D eigenvalue weighted by Gasteiger charge is 2.18. The van der Waals surface area contributed by atoms with Crippen LogP contribution in [0.2, 0.25) is 0 Å². The predicted molar refractivity (Wildman–Crippen MR) is 105 cm³/mol. The number of fused-ring (bicyclic) bond motifs is 2. The minimum atomic E-state index is -0.222. The van der Waals surface area contributed by atoms with E-state index in [-0.39, 0.29) is 6.03 Å². The van der Waals surface area contributed by atoms with Crippen LogP contribution in [0.5, 0.6) is 0 Å². The molecule has 2 amide bonds. The van der Waals surface area contributed by atoms with E-state index >= 15 is 0 Å². The highest BCUT2D eigenvalue weighted by atomic mass is 35.5. The van der Waals surface area contributed by atoms with Gasteiger partial charge in [-0.15, -0.1) is 0 Å². The van der Waals surface area contributed by atoms with Crippen LogP contribution in [0, 0.1) is 0 Å². The van der Waals surface area contributed by atoms with Crippen molar-refractivity contribution in [2.75, 3.05) is 34.7 Å². The number of nitrogens with zero attached hydrogens (tertiary/aromatic N) is 2. The summed E-state index contributed by atoms with van der Waals surface area (Å²) in [5, 5.41) is 9.08. The maximum atomic E-state index is 12.1. The number of hydrogen-bond donors (Lipinski definition) is 3. The Labute approximate surface area is 158 Å². The Bertz CT molecular complexity index is 826. The molecule has 6 nitrogen and oxygen atoms in total. The second-order valence-electron chi connectivity index (χ2n) is 6.65. The molecule has 1 aromatic heterocycles. The number of benzene rings is 1. The zero-order valence-corrected chi connectivity index (χ0v) is 15.3. The molecule has 0 bridgehead atoms. The monoisotopic (exact) mass is 371 g/mol. The number of amides is 2. The van der Waals surface area contributed by atoms with Gasteiger partial charge in [0.2, 0.25) is 0 Å². The number of carbonyl (C=O) groups is 1. The lowest BCUT2D eigenvalue weighted by molar-refractivity contribution is 0.252. The Kier molecular flexibility index (Phi) is 4.84. The third kappa shape index (κ3) is 3.70. The van der Waals surface area contributed by atoms with Crippen molar-refractivity contribution in [2.24, 2.45) is 0 Å². The molecular formula is C19H22ClN5O. The van der Waals surface area contributed by atoms with Gasteiger partial charge in [-0.25, -0.2) is 9.78 Å². The molecule has 0 saturated carbocycles. The molecule has 26 heavy (non-hydrogen) atoms. The van der Waals surface area contributed by atoms with Gasteiger partial charge in [-0.2, -0.15) is 0 Å². The van der Waals surface area contributed by atoms with E-state index in [0.717, 1.165) is 55.2 Å². The van der Waals surface area contributed by atoms with E-state index in [0.29, 0.717) is 13.0 Å². The first kappa shape index (κ1) is 17.0. The molecule has 0 atom stereocenters. The van der Waals surface area contributed by atoms with Crippen molar-refractivity contribution in [3.8, 4) is 0 Å². The number of carbonyl (C=O) groups excluding carboxylic acids is 1. The molecule has 2 aromatic rings. The van der Waals surface area contributed by atoms with Gasteiger partial charge in [-0.1, -0.05) is 12.1 Å². The van der Waals surface area contributed by atoms with Crippen molar-refractivity contribution in [1.29, 1.82) is 0 Å². The molecule has 2 aliphatic rings. The predicted octanol–water partition coefficient (Wildman–Crippen LogP) is 3.32. The Hall–Kier alpha value is -2.47. The van der Waals surface area contributed by atoms with Gasteiger partial charge >= 0.3 is 6.03 Å². The maximum Gasteiger partial charge on any atom is 0.319 e. The van der Waals surface area contributed by atoms with Crippen molar-refractivity contribution in [3.05, 3.63) is 47.2 Å². The Morgan fingerprint density at radius 1 is 1.23 bits per heavy atom. The van der Waals surface area contributed by atoms with E-state index < -0.39 is 0 Å². The zero-order chi connectivity index (χ0) is 17.9. The fourth-order valence-electron chi connectivity index (χ4n) is 3.41. The van der Waals surface area contributed by atoms with Crippen molar-refractivity contribution in [3.63, 3.8) is 0 Å². The van der Waals surface area contributed by atoms with Crippen molar-refractivity contribution < 1.29 is 4.79 Å². The molecule has 136 valence electrons. The molecule has 0 spiro atoms. The van der Waals surface area contributed by atoms with Crippen LogP contribution in [0.25, 0.3) is 0 Å². The number of anilines is 3. The number of urea groups is 1. The van der Waals surface area contributed by atoms with E-state index in [2.05, 4.69) is 27.0 Å². The number of aromatic nitrogens is 1. The molecule has 2 aliphatic heterocycles. The third-order valence-electron chi connectivity index (χ3n) is 4.80. The van der Waals surface area contributed by atoms with Crippen LogP contribution in [0.4, 0.5) is 22.0 Å². The minimum absolute atomic E-state index is 0.222. The van der Waals surface area contributed by atoms with E-state index in [1.807, 2.05) is 24.3 Å². The average Bonchev–Trinajstić information content (AvgIpc) is 3.02. The lowest BCUT2D eigenvalue weighted by Gasteiger charge is -2.17. The summed E-state index contributed by atoms with van der Waals surface area (Å²) in [5.74, 6) is 0.988. The summed E-state index contributed by atoms with van der Waals surface area (Å²) in [5.41, 5.74) is 5.17. The fourth-order valence-corrected chi connectivity index (χ4v) is 3.65. The maximum absolute atomic E-state index is 12.1. The number of hydrogen-bond acceptors (Lipinski definition) is 4. The molecule has 3 N–H and O–H groups in total. The summed E-state index contributed by atoms with van der Waals surface area (Å²) in [6.07, 6.45) is 3.87. The average molecular weight is 372 g/mol.